The number of hydrogen-bond acceptors (Lipinski definition) is 5. The fourth-order valence-corrected chi connectivity index (χ4v) is 5.16. The molecule has 1 fully saturated rings. The molecule has 1 atom stereocenters. The normalized spacial score (nSPS) is 20.6. The zero-order chi connectivity index (χ0) is 14.0. The van der Waals surface area contributed by atoms with Crippen LogP contribution in [0.3, 0.4) is 0 Å². The lowest BCUT2D eigenvalue weighted by Crippen LogP contribution is -2.47. The second-order valence-corrected chi connectivity index (χ2v) is 8.22. The fourth-order valence-electron chi connectivity index (χ4n) is 2.32. The largest absolute Gasteiger partial charge is 0.353 e. The van der Waals surface area contributed by atoms with E-state index in [1.807, 2.05) is 30.0 Å². The molecule has 0 spiro atoms. The molecule has 2 N–H and O–H groups in total. The third-order valence-electron chi connectivity index (χ3n) is 3.46. The van der Waals surface area contributed by atoms with Crippen molar-refractivity contribution in [1.29, 1.82) is 0 Å². The molecule has 0 aliphatic carbocycles. The molecule has 0 amide bonds. The lowest BCUT2D eigenvalue weighted by Gasteiger charge is -2.36. The van der Waals surface area contributed by atoms with Gasteiger partial charge in [-0.2, -0.15) is 11.8 Å². The van der Waals surface area contributed by atoms with Crippen LogP contribution in [0.15, 0.2) is 18.2 Å². The van der Waals surface area contributed by atoms with E-state index in [-0.39, 0.29) is 0 Å². The maximum absolute atomic E-state index is 11.9. The minimum absolute atomic E-state index is 0.422. The summed E-state index contributed by atoms with van der Waals surface area (Å²) in [6.45, 7) is 3.29. The predicted octanol–water partition coefficient (Wildman–Crippen LogP) is 1.38. The van der Waals surface area contributed by atoms with Gasteiger partial charge in [0, 0.05) is 36.5 Å². The molecule has 0 saturated carbocycles. The Kier molecular flexibility index (Phi) is 4.43. The van der Waals surface area contributed by atoms with Crippen LogP contribution in [0.25, 0.3) is 0 Å². The van der Waals surface area contributed by atoms with E-state index in [1.165, 1.54) is 6.26 Å². The van der Waals surface area contributed by atoms with Crippen LogP contribution in [-0.4, -0.2) is 38.1 Å². The Hall–Kier alpha value is -0.720. The molecule has 0 radical (unpaired) electrons. The molecular weight excluding hydrogens is 280 g/mol. The number of aryl methyl sites for hydroxylation is 1. The summed E-state index contributed by atoms with van der Waals surface area (Å²) in [5.41, 5.74) is 8.86. The van der Waals surface area contributed by atoms with Crippen molar-refractivity contribution in [2.75, 3.05) is 29.2 Å². The van der Waals surface area contributed by atoms with E-state index in [1.54, 1.807) is 11.8 Å². The van der Waals surface area contributed by atoms with E-state index in [4.69, 9.17) is 5.73 Å². The van der Waals surface area contributed by atoms with Crippen molar-refractivity contribution in [3.05, 3.63) is 29.3 Å². The SMILES string of the molecule is Cc1cc(N2CCSCC2S(C)(=O)=O)ccc1CN. The molecule has 0 bridgehead atoms. The average molecular weight is 300 g/mol. The zero-order valence-electron chi connectivity index (χ0n) is 11.3. The molecule has 1 aromatic rings. The Morgan fingerprint density at radius 3 is 2.79 bits per heavy atom. The molecule has 0 aromatic heterocycles. The molecule has 6 heteroatoms. The average Bonchev–Trinajstić information content (AvgIpc) is 2.37. The van der Waals surface area contributed by atoms with Crippen LogP contribution in [0.4, 0.5) is 5.69 Å². The minimum Gasteiger partial charge on any atom is -0.353 e. The van der Waals surface area contributed by atoms with E-state index in [0.717, 1.165) is 29.1 Å². The van der Waals surface area contributed by atoms with Crippen molar-refractivity contribution >= 4 is 27.3 Å². The van der Waals surface area contributed by atoms with Crippen LogP contribution in [0.5, 0.6) is 0 Å². The Morgan fingerprint density at radius 2 is 2.21 bits per heavy atom. The summed E-state index contributed by atoms with van der Waals surface area (Å²) < 4.78 is 23.8. The van der Waals surface area contributed by atoms with Gasteiger partial charge >= 0.3 is 0 Å². The highest BCUT2D eigenvalue weighted by Crippen LogP contribution is 2.28. The number of thioether (sulfide) groups is 1. The van der Waals surface area contributed by atoms with Gasteiger partial charge in [-0.1, -0.05) is 6.07 Å². The zero-order valence-corrected chi connectivity index (χ0v) is 12.9. The summed E-state index contributed by atoms with van der Waals surface area (Å²) in [6.07, 6.45) is 1.32. The van der Waals surface area contributed by atoms with Gasteiger partial charge in [-0.05, 0) is 30.2 Å². The Bertz CT molecular complexity index is 558. The summed E-state index contributed by atoms with van der Waals surface area (Å²) in [6, 6.07) is 6.01. The summed E-state index contributed by atoms with van der Waals surface area (Å²) >= 11 is 1.70. The topological polar surface area (TPSA) is 63.4 Å². The first-order valence-electron chi connectivity index (χ1n) is 6.26. The molecule has 1 unspecified atom stereocenters. The highest BCUT2D eigenvalue weighted by Gasteiger charge is 2.31. The van der Waals surface area contributed by atoms with Crippen LogP contribution in [0, 0.1) is 6.92 Å². The molecule has 1 heterocycles. The van der Waals surface area contributed by atoms with Gasteiger partial charge in [0.05, 0.1) is 0 Å². The van der Waals surface area contributed by atoms with Crippen molar-refractivity contribution < 1.29 is 8.42 Å². The van der Waals surface area contributed by atoms with Crippen molar-refractivity contribution in [3.8, 4) is 0 Å². The molecule has 4 nitrogen and oxygen atoms in total. The maximum Gasteiger partial charge on any atom is 0.169 e. The van der Waals surface area contributed by atoms with Crippen molar-refractivity contribution in [3.63, 3.8) is 0 Å². The van der Waals surface area contributed by atoms with Gasteiger partial charge in [-0.25, -0.2) is 8.42 Å². The Balaban J connectivity index is 2.35. The molecule has 19 heavy (non-hydrogen) atoms. The molecule has 2 rings (SSSR count). The minimum atomic E-state index is -3.07. The van der Waals surface area contributed by atoms with Crippen LogP contribution in [-0.2, 0) is 16.4 Å². The number of anilines is 1. The van der Waals surface area contributed by atoms with E-state index >= 15 is 0 Å². The van der Waals surface area contributed by atoms with Gasteiger partial charge in [0.1, 0.15) is 5.37 Å². The van der Waals surface area contributed by atoms with E-state index in [2.05, 4.69) is 0 Å². The highest BCUT2D eigenvalue weighted by atomic mass is 32.2. The van der Waals surface area contributed by atoms with Crippen LogP contribution in [0.1, 0.15) is 11.1 Å². The third kappa shape index (κ3) is 3.24. The maximum atomic E-state index is 11.9. The van der Waals surface area contributed by atoms with Crippen LogP contribution < -0.4 is 10.6 Å². The van der Waals surface area contributed by atoms with E-state index < -0.39 is 15.2 Å². The Labute approximate surface area is 119 Å². The lowest BCUT2D eigenvalue weighted by atomic mass is 10.1. The fraction of sp³-hybridized carbons (Fsp3) is 0.538. The second-order valence-electron chi connectivity index (χ2n) is 4.87. The second kappa shape index (κ2) is 5.73. The number of rotatable bonds is 3. The van der Waals surface area contributed by atoms with Crippen molar-refractivity contribution in [1.82, 2.24) is 0 Å². The van der Waals surface area contributed by atoms with E-state index in [0.29, 0.717) is 12.3 Å². The molecule has 1 aliphatic rings. The standard InChI is InChI=1S/C13H20N2O2S2/c1-10-7-12(4-3-11(10)8-14)15-5-6-18-9-13(15)19(2,16)17/h3-4,7,13H,5-6,8-9,14H2,1-2H3. The smallest absolute Gasteiger partial charge is 0.169 e. The van der Waals surface area contributed by atoms with Gasteiger partial charge in [0.15, 0.2) is 9.84 Å². The van der Waals surface area contributed by atoms with Gasteiger partial charge in [0.2, 0.25) is 0 Å². The molecular formula is C13H20N2O2S2. The number of hydrogen-bond donors (Lipinski definition) is 1. The number of nitrogens with two attached hydrogens (primary N) is 1. The monoisotopic (exact) mass is 300 g/mol. The molecule has 1 saturated heterocycles. The summed E-state index contributed by atoms with van der Waals surface area (Å²) in [5, 5.41) is -0.422. The van der Waals surface area contributed by atoms with Crippen LogP contribution >= 0.6 is 11.8 Å². The predicted molar refractivity (Wildman–Crippen MR) is 82.4 cm³/mol. The third-order valence-corrected chi connectivity index (χ3v) is 6.10. The van der Waals surface area contributed by atoms with Gasteiger partial charge in [-0.15, -0.1) is 0 Å². The highest BCUT2D eigenvalue weighted by molar-refractivity contribution is 8.01. The lowest BCUT2D eigenvalue weighted by molar-refractivity contribution is 0.584. The first kappa shape index (κ1) is 14.7. The Morgan fingerprint density at radius 1 is 1.47 bits per heavy atom. The molecule has 1 aromatic carbocycles. The summed E-state index contributed by atoms with van der Waals surface area (Å²) in [5.74, 6) is 1.60. The van der Waals surface area contributed by atoms with Crippen LogP contribution in [0.2, 0.25) is 0 Å². The number of sulfone groups is 1. The molecule has 1 aliphatic heterocycles. The van der Waals surface area contributed by atoms with Gasteiger partial charge in [0.25, 0.3) is 0 Å². The number of benzene rings is 1. The van der Waals surface area contributed by atoms with Gasteiger partial charge < -0.3 is 10.6 Å². The summed E-state index contributed by atoms with van der Waals surface area (Å²) in [4.78, 5) is 2.00. The first-order valence-corrected chi connectivity index (χ1v) is 9.37. The quantitative estimate of drug-likeness (QED) is 0.913. The van der Waals surface area contributed by atoms with Crippen molar-refractivity contribution in [2.45, 2.75) is 18.8 Å². The van der Waals surface area contributed by atoms with E-state index in [9.17, 15) is 8.42 Å². The van der Waals surface area contributed by atoms with Gasteiger partial charge in [-0.3, -0.25) is 0 Å². The molecule has 106 valence electrons. The number of nitrogens with zero attached hydrogens (tertiary/aromatic N) is 1. The first-order chi connectivity index (χ1) is 8.93. The van der Waals surface area contributed by atoms with Crippen molar-refractivity contribution in [2.24, 2.45) is 5.73 Å². The summed E-state index contributed by atoms with van der Waals surface area (Å²) in [7, 11) is -3.07.